The van der Waals surface area contributed by atoms with Gasteiger partial charge < -0.3 is 4.74 Å². The summed E-state index contributed by atoms with van der Waals surface area (Å²) in [6.07, 6.45) is 6.51. The van der Waals surface area contributed by atoms with Crippen molar-refractivity contribution in [2.75, 3.05) is 18.6 Å². The molecule has 1 saturated carbocycles. The molecule has 1 aliphatic rings. The van der Waals surface area contributed by atoms with Crippen molar-refractivity contribution in [3.63, 3.8) is 0 Å². The van der Waals surface area contributed by atoms with E-state index in [2.05, 4.69) is 27.0 Å². The first kappa shape index (κ1) is 12.4. The molecule has 2 atom stereocenters. The molecule has 0 bridgehead atoms. The van der Waals surface area contributed by atoms with E-state index in [0.717, 1.165) is 18.3 Å². The van der Waals surface area contributed by atoms with E-state index in [1.165, 1.54) is 19.3 Å². The highest BCUT2D eigenvalue weighted by molar-refractivity contribution is 7.98. The van der Waals surface area contributed by atoms with E-state index < -0.39 is 0 Å². The SMILES string of the molecule is CSCCOC1CC(C)CC(C)(C)C1. The van der Waals surface area contributed by atoms with E-state index in [4.69, 9.17) is 4.74 Å². The van der Waals surface area contributed by atoms with Gasteiger partial charge in [-0.05, 0) is 36.9 Å². The maximum Gasteiger partial charge on any atom is 0.0583 e. The lowest BCUT2D eigenvalue weighted by atomic mass is 9.71. The van der Waals surface area contributed by atoms with Gasteiger partial charge in [0.05, 0.1) is 12.7 Å². The van der Waals surface area contributed by atoms with Crippen LogP contribution < -0.4 is 0 Å². The smallest absolute Gasteiger partial charge is 0.0583 e. The fraction of sp³-hybridized carbons (Fsp3) is 1.00. The first-order chi connectivity index (χ1) is 6.53. The lowest BCUT2D eigenvalue weighted by Gasteiger charge is -2.38. The second kappa shape index (κ2) is 5.41. The van der Waals surface area contributed by atoms with E-state index in [9.17, 15) is 0 Å². The number of thioether (sulfide) groups is 1. The van der Waals surface area contributed by atoms with E-state index in [-0.39, 0.29) is 0 Å². The topological polar surface area (TPSA) is 9.23 Å². The molecule has 1 fully saturated rings. The largest absolute Gasteiger partial charge is 0.377 e. The highest BCUT2D eigenvalue weighted by Crippen LogP contribution is 2.39. The Balaban J connectivity index is 2.30. The third-order valence-corrected chi connectivity index (χ3v) is 3.56. The van der Waals surface area contributed by atoms with Crippen LogP contribution >= 0.6 is 11.8 Å². The molecule has 84 valence electrons. The van der Waals surface area contributed by atoms with E-state index in [1.54, 1.807) is 0 Å². The molecule has 0 saturated heterocycles. The van der Waals surface area contributed by atoms with Gasteiger partial charge in [-0.2, -0.15) is 11.8 Å². The summed E-state index contributed by atoms with van der Waals surface area (Å²) in [5, 5.41) is 0. The number of hydrogen-bond acceptors (Lipinski definition) is 2. The lowest BCUT2D eigenvalue weighted by molar-refractivity contribution is -0.0161. The van der Waals surface area contributed by atoms with Gasteiger partial charge in [-0.15, -0.1) is 0 Å². The molecule has 0 aromatic rings. The molecule has 0 heterocycles. The monoisotopic (exact) mass is 216 g/mol. The first-order valence-electron chi connectivity index (χ1n) is 5.64. The van der Waals surface area contributed by atoms with Crippen LogP contribution in [-0.2, 0) is 4.74 Å². The predicted molar refractivity (Wildman–Crippen MR) is 64.9 cm³/mol. The van der Waals surface area contributed by atoms with Crippen molar-refractivity contribution in [3.8, 4) is 0 Å². The summed E-state index contributed by atoms with van der Waals surface area (Å²) >= 11 is 1.87. The molecule has 0 radical (unpaired) electrons. The van der Waals surface area contributed by atoms with Crippen LogP contribution in [-0.4, -0.2) is 24.7 Å². The molecule has 1 nitrogen and oxygen atoms in total. The molecule has 0 spiro atoms. The molecule has 0 amide bonds. The van der Waals surface area contributed by atoms with Gasteiger partial charge in [-0.25, -0.2) is 0 Å². The van der Waals surface area contributed by atoms with Crippen LogP contribution in [0.4, 0.5) is 0 Å². The number of rotatable bonds is 4. The maximum atomic E-state index is 5.91. The van der Waals surface area contributed by atoms with Crippen molar-refractivity contribution in [3.05, 3.63) is 0 Å². The second-order valence-electron chi connectivity index (χ2n) is 5.40. The minimum Gasteiger partial charge on any atom is -0.377 e. The average molecular weight is 216 g/mol. The summed E-state index contributed by atoms with van der Waals surface area (Å²) in [7, 11) is 0. The Labute approximate surface area is 93.0 Å². The lowest BCUT2D eigenvalue weighted by Crippen LogP contribution is -2.33. The second-order valence-corrected chi connectivity index (χ2v) is 6.38. The quantitative estimate of drug-likeness (QED) is 0.664. The number of hydrogen-bond donors (Lipinski definition) is 0. The van der Waals surface area contributed by atoms with Crippen LogP contribution in [0.15, 0.2) is 0 Å². The Morgan fingerprint density at radius 2 is 2.07 bits per heavy atom. The normalized spacial score (nSPS) is 31.7. The van der Waals surface area contributed by atoms with Crippen LogP contribution in [0.3, 0.4) is 0 Å². The van der Waals surface area contributed by atoms with Crippen LogP contribution in [0.2, 0.25) is 0 Å². The van der Waals surface area contributed by atoms with E-state index in [0.29, 0.717) is 11.5 Å². The highest BCUT2D eigenvalue weighted by Gasteiger charge is 2.32. The molecule has 0 aromatic carbocycles. The molecule has 0 N–H and O–H groups in total. The Bertz CT molecular complexity index is 168. The van der Waals surface area contributed by atoms with Crippen molar-refractivity contribution in [2.24, 2.45) is 11.3 Å². The van der Waals surface area contributed by atoms with Crippen molar-refractivity contribution in [2.45, 2.75) is 46.1 Å². The maximum absolute atomic E-state index is 5.91. The zero-order chi connectivity index (χ0) is 10.6. The molecule has 1 rings (SSSR count). The number of ether oxygens (including phenoxy) is 1. The molecule has 14 heavy (non-hydrogen) atoms. The van der Waals surface area contributed by atoms with Gasteiger partial charge in [0.15, 0.2) is 0 Å². The Morgan fingerprint density at radius 3 is 2.64 bits per heavy atom. The van der Waals surface area contributed by atoms with Gasteiger partial charge in [-0.1, -0.05) is 20.8 Å². The summed E-state index contributed by atoms with van der Waals surface area (Å²) < 4.78 is 5.91. The van der Waals surface area contributed by atoms with E-state index in [1.807, 2.05) is 11.8 Å². The molecule has 2 unspecified atom stereocenters. The van der Waals surface area contributed by atoms with Gasteiger partial charge in [0, 0.05) is 5.75 Å². The van der Waals surface area contributed by atoms with Crippen molar-refractivity contribution in [1.82, 2.24) is 0 Å². The first-order valence-corrected chi connectivity index (χ1v) is 7.03. The third-order valence-electron chi connectivity index (χ3n) is 2.99. The summed E-state index contributed by atoms with van der Waals surface area (Å²) in [6.45, 7) is 8.02. The summed E-state index contributed by atoms with van der Waals surface area (Å²) in [5.74, 6) is 1.96. The fourth-order valence-corrected chi connectivity index (χ4v) is 2.95. The van der Waals surface area contributed by atoms with Gasteiger partial charge >= 0.3 is 0 Å². The molecule has 0 aliphatic heterocycles. The van der Waals surface area contributed by atoms with Gasteiger partial charge in [0.1, 0.15) is 0 Å². The van der Waals surface area contributed by atoms with Crippen molar-refractivity contribution < 1.29 is 4.74 Å². The molecular weight excluding hydrogens is 192 g/mol. The third kappa shape index (κ3) is 4.22. The predicted octanol–water partition coefficient (Wildman–Crippen LogP) is 3.58. The molecular formula is C12H24OS. The van der Waals surface area contributed by atoms with Crippen LogP contribution in [0.25, 0.3) is 0 Å². The minimum absolute atomic E-state index is 0.488. The fourth-order valence-electron chi connectivity index (χ4n) is 2.68. The standard InChI is InChI=1S/C12H24OS/c1-10-7-11(13-5-6-14-4)9-12(2,3)8-10/h10-11H,5-9H2,1-4H3. The Hall–Kier alpha value is 0.310. The zero-order valence-electron chi connectivity index (χ0n) is 10.0. The van der Waals surface area contributed by atoms with Gasteiger partial charge in [0.2, 0.25) is 0 Å². The van der Waals surface area contributed by atoms with Crippen LogP contribution in [0, 0.1) is 11.3 Å². The minimum atomic E-state index is 0.488. The summed E-state index contributed by atoms with van der Waals surface area (Å²) in [6, 6.07) is 0. The summed E-state index contributed by atoms with van der Waals surface area (Å²) in [4.78, 5) is 0. The van der Waals surface area contributed by atoms with Crippen molar-refractivity contribution >= 4 is 11.8 Å². The molecule has 1 aliphatic carbocycles. The molecule has 2 heteroatoms. The van der Waals surface area contributed by atoms with Crippen LogP contribution in [0.1, 0.15) is 40.0 Å². The van der Waals surface area contributed by atoms with Crippen molar-refractivity contribution in [1.29, 1.82) is 0 Å². The molecule has 0 aromatic heterocycles. The zero-order valence-corrected chi connectivity index (χ0v) is 10.8. The van der Waals surface area contributed by atoms with Crippen LogP contribution in [0.5, 0.6) is 0 Å². The van der Waals surface area contributed by atoms with E-state index >= 15 is 0 Å². The van der Waals surface area contributed by atoms with Gasteiger partial charge in [-0.3, -0.25) is 0 Å². The highest BCUT2D eigenvalue weighted by atomic mass is 32.2. The Morgan fingerprint density at radius 1 is 1.36 bits per heavy atom. The van der Waals surface area contributed by atoms with Gasteiger partial charge in [0.25, 0.3) is 0 Å². The summed E-state index contributed by atoms with van der Waals surface area (Å²) in [5.41, 5.74) is 0.488. The Kier molecular flexibility index (Phi) is 4.78. The average Bonchev–Trinajstić information content (AvgIpc) is 2.00.